The van der Waals surface area contributed by atoms with Crippen molar-refractivity contribution in [2.75, 3.05) is 32.8 Å². The number of hydrogen-bond acceptors (Lipinski definition) is 5. The normalized spacial score (nSPS) is 24.0. The lowest BCUT2D eigenvalue weighted by molar-refractivity contribution is 0.0917. The summed E-state index contributed by atoms with van der Waals surface area (Å²) in [6.07, 6.45) is 4.06. The number of hydrogen-bond donors (Lipinski definition) is 2. The zero-order chi connectivity index (χ0) is 21.7. The van der Waals surface area contributed by atoms with Crippen molar-refractivity contribution < 1.29 is 17.9 Å². The summed E-state index contributed by atoms with van der Waals surface area (Å²) in [5, 5.41) is 3.01. The molecule has 0 saturated carbocycles. The van der Waals surface area contributed by atoms with Gasteiger partial charge in [0.25, 0.3) is 5.91 Å². The molecule has 1 aromatic rings. The smallest absolute Gasteiger partial charge is 0.251 e. The third-order valence-electron chi connectivity index (χ3n) is 5.88. The van der Waals surface area contributed by atoms with Crippen LogP contribution in [0.4, 0.5) is 0 Å². The summed E-state index contributed by atoms with van der Waals surface area (Å²) in [5.74, 6) is 0.363. The molecule has 0 spiro atoms. The van der Waals surface area contributed by atoms with Crippen LogP contribution in [0.3, 0.4) is 0 Å². The van der Waals surface area contributed by atoms with Gasteiger partial charge >= 0.3 is 0 Å². The van der Waals surface area contributed by atoms with Crippen LogP contribution in [0.15, 0.2) is 23.1 Å². The van der Waals surface area contributed by atoms with Crippen molar-refractivity contribution in [1.82, 2.24) is 14.9 Å². The maximum absolute atomic E-state index is 12.7. The van der Waals surface area contributed by atoms with Gasteiger partial charge in [-0.2, -0.15) is 0 Å². The van der Waals surface area contributed by atoms with Crippen molar-refractivity contribution in [2.24, 2.45) is 5.92 Å². The third-order valence-corrected chi connectivity index (χ3v) is 7.78. The molecule has 1 amide bonds. The summed E-state index contributed by atoms with van der Waals surface area (Å²) >= 11 is 6.13. The van der Waals surface area contributed by atoms with Gasteiger partial charge in [0, 0.05) is 37.8 Å². The van der Waals surface area contributed by atoms with E-state index in [0.29, 0.717) is 19.1 Å². The van der Waals surface area contributed by atoms with Crippen molar-refractivity contribution in [1.29, 1.82) is 0 Å². The maximum Gasteiger partial charge on any atom is 0.251 e. The molecule has 2 fully saturated rings. The van der Waals surface area contributed by atoms with Crippen molar-refractivity contribution in [2.45, 2.75) is 56.6 Å². The van der Waals surface area contributed by atoms with E-state index in [9.17, 15) is 13.2 Å². The van der Waals surface area contributed by atoms with E-state index in [1.807, 2.05) is 0 Å². The van der Waals surface area contributed by atoms with Gasteiger partial charge in [-0.05, 0) is 63.3 Å². The monoisotopic (exact) mass is 457 g/mol. The average Bonchev–Trinajstić information content (AvgIpc) is 3.24. The summed E-state index contributed by atoms with van der Waals surface area (Å²) in [6, 6.07) is 4.56. The molecule has 30 heavy (non-hydrogen) atoms. The maximum atomic E-state index is 12.7. The second-order valence-electron chi connectivity index (χ2n) is 8.43. The number of sulfonamides is 1. The van der Waals surface area contributed by atoms with Crippen molar-refractivity contribution in [3.63, 3.8) is 0 Å². The fourth-order valence-electron chi connectivity index (χ4n) is 4.03. The van der Waals surface area contributed by atoms with E-state index in [4.69, 9.17) is 16.3 Å². The minimum atomic E-state index is -3.84. The van der Waals surface area contributed by atoms with Gasteiger partial charge in [-0.25, -0.2) is 13.1 Å². The van der Waals surface area contributed by atoms with E-state index in [2.05, 4.69) is 28.8 Å². The summed E-state index contributed by atoms with van der Waals surface area (Å²) in [7, 11) is -3.84. The van der Waals surface area contributed by atoms with Crippen LogP contribution in [0.25, 0.3) is 0 Å². The highest BCUT2D eigenvalue weighted by Crippen LogP contribution is 2.23. The summed E-state index contributed by atoms with van der Waals surface area (Å²) in [4.78, 5) is 14.9. The Kier molecular flexibility index (Phi) is 8.15. The number of benzene rings is 1. The van der Waals surface area contributed by atoms with Crippen molar-refractivity contribution >= 4 is 27.5 Å². The van der Waals surface area contributed by atoms with Crippen LogP contribution in [0, 0.1) is 5.92 Å². The molecule has 0 aromatic heterocycles. The number of piperidine rings is 1. The van der Waals surface area contributed by atoms with Gasteiger partial charge in [-0.1, -0.05) is 18.5 Å². The third kappa shape index (κ3) is 6.17. The molecule has 3 unspecified atom stereocenters. The molecule has 2 aliphatic rings. The molecule has 0 radical (unpaired) electrons. The van der Waals surface area contributed by atoms with Gasteiger partial charge in [0.1, 0.15) is 4.90 Å². The van der Waals surface area contributed by atoms with E-state index in [1.54, 1.807) is 6.07 Å². The zero-order valence-corrected chi connectivity index (χ0v) is 19.3. The van der Waals surface area contributed by atoms with Gasteiger partial charge in [0.2, 0.25) is 10.0 Å². The van der Waals surface area contributed by atoms with E-state index in [1.165, 1.54) is 25.0 Å². The highest BCUT2D eigenvalue weighted by molar-refractivity contribution is 7.89. The lowest BCUT2D eigenvalue weighted by Crippen LogP contribution is -2.46. The Bertz CT molecular complexity index is 843. The van der Waals surface area contributed by atoms with Crippen LogP contribution in [0.1, 0.15) is 49.9 Å². The molecule has 2 heterocycles. The molecule has 2 aliphatic heterocycles. The second-order valence-corrected chi connectivity index (χ2v) is 10.6. The SMILES string of the molecule is CC1CCCN(C(C)CNC(=O)c2ccc(Cl)c(S(=O)(=O)NCC3CCCO3)c2)C1. The van der Waals surface area contributed by atoms with Crippen LogP contribution >= 0.6 is 11.6 Å². The Balaban J connectivity index is 1.61. The molecule has 168 valence electrons. The van der Waals surface area contributed by atoms with Crippen LogP contribution in [0.2, 0.25) is 5.02 Å². The van der Waals surface area contributed by atoms with Crippen molar-refractivity contribution in [3.05, 3.63) is 28.8 Å². The molecule has 2 saturated heterocycles. The van der Waals surface area contributed by atoms with E-state index in [0.717, 1.165) is 25.9 Å². The zero-order valence-electron chi connectivity index (χ0n) is 17.7. The Hall–Kier alpha value is -1.19. The Morgan fingerprint density at radius 2 is 2.13 bits per heavy atom. The van der Waals surface area contributed by atoms with Crippen LogP contribution in [-0.4, -0.2) is 64.2 Å². The first-order valence-electron chi connectivity index (χ1n) is 10.7. The predicted octanol–water partition coefficient (Wildman–Crippen LogP) is 2.65. The van der Waals surface area contributed by atoms with E-state index >= 15 is 0 Å². The van der Waals surface area contributed by atoms with Crippen molar-refractivity contribution in [3.8, 4) is 0 Å². The largest absolute Gasteiger partial charge is 0.377 e. The number of ether oxygens (including phenoxy) is 1. The standard InChI is InChI=1S/C21H32ClN3O4S/c1-15-5-3-9-25(14-15)16(2)12-23-21(26)17-7-8-19(22)20(11-17)30(27,28)24-13-18-6-4-10-29-18/h7-8,11,15-16,18,24H,3-6,9-10,12-14H2,1-2H3,(H,23,26). The highest BCUT2D eigenvalue weighted by atomic mass is 35.5. The molecule has 0 bridgehead atoms. The number of carbonyl (C=O) groups excluding carboxylic acids is 1. The lowest BCUT2D eigenvalue weighted by Gasteiger charge is -2.35. The van der Waals surface area contributed by atoms with Crippen LogP contribution in [0.5, 0.6) is 0 Å². The highest BCUT2D eigenvalue weighted by Gasteiger charge is 2.24. The quantitative estimate of drug-likeness (QED) is 0.626. The first-order chi connectivity index (χ1) is 14.3. The molecular formula is C21H32ClN3O4S. The Morgan fingerprint density at radius 3 is 2.83 bits per heavy atom. The molecule has 9 heteroatoms. The number of nitrogens with one attached hydrogen (secondary N) is 2. The van der Waals surface area contributed by atoms with Crippen LogP contribution < -0.4 is 10.0 Å². The fraction of sp³-hybridized carbons (Fsp3) is 0.667. The number of halogens is 1. The minimum absolute atomic E-state index is 0.0852. The predicted molar refractivity (Wildman–Crippen MR) is 117 cm³/mol. The molecular weight excluding hydrogens is 426 g/mol. The molecule has 7 nitrogen and oxygen atoms in total. The molecule has 3 atom stereocenters. The summed E-state index contributed by atoms with van der Waals surface area (Å²) in [5.41, 5.74) is 0.274. The number of carbonyl (C=O) groups is 1. The first kappa shape index (κ1) is 23.5. The molecule has 3 rings (SSSR count). The van der Waals surface area contributed by atoms with Gasteiger partial charge in [-0.3, -0.25) is 9.69 Å². The molecule has 2 N–H and O–H groups in total. The summed E-state index contributed by atoms with van der Waals surface area (Å²) in [6.45, 7) is 7.79. The number of rotatable bonds is 8. The number of nitrogens with zero attached hydrogens (tertiary/aromatic N) is 1. The van der Waals surface area contributed by atoms with Gasteiger partial charge in [0.15, 0.2) is 0 Å². The Labute approximate surface area is 184 Å². The molecule has 1 aromatic carbocycles. The first-order valence-corrected chi connectivity index (χ1v) is 12.6. The van der Waals surface area contributed by atoms with Gasteiger partial charge in [0.05, 0.1) is 11.1 Å². The van der Waals surface area contributed by atoms with Crippen LogP contribution in [-0.2, 0) is 14.8 Å². The molecule has 0 aliphatic carbocycles. The summed E-state index contributed by atoms with van der Waals surface area (Å²) < 4.78 is 33.4. The Morgan fingerprint density at radius 1 is 1.33 bits per heavy atom. The number of amides is 1. The van der Waals surface area contributed by atoms with E-state index in [-0.39, 0.29) is 40.1 Å². The van der Waals surface area contributed by atoms with Gasteiger partial charge < -0.3 is 10.1 Å². The minimum Gasteiger partial charge on any atom is -0.377 e. The average molecular weight is 458 g/mol. The number of likely N-dealkylation sites (tertiary alicyclic amines) is 1. The van der Waals surface area contributed by atoms with E-state index < -0.39 is 10.0 Å². The van der Waals surface area contributed by atoms with Gasteiger partial charge in [-0.15, -0.1) is 0 Å². The second kappa shape index (κ2) is 10.4. The lowest BCUT2D eigenvalue weighted by atomic mass is 9.99. The topological polar surface area (TPSA) is 87.7 Å². The fourth-order valence-corrected chi connectivity index (χ4v) is 5.62.